The van der Waals surface area contributed by atoms with Crippen LogP contribution in [0.3, 0.4) is 0 Å². The van der Waals surface area contributed by atoms with Crippen LogP contribution >= 0.6 is 0 Å². The topological polar surface area (TPSA) is 95.9 Å². The molecule has 27 heavy (non-hydrogen) atoms. The highest BCUT2D eigenvalue weighted by molar-refractivity contribution is 5.95. The smallest absolute Gasteiger partial charge is 0.332 e. The van der Waals surface area contributed by atoms with E-state index in [1.54, 1.807) is 6.92 Å². The molecular formula is C20H30N2O5. The van der Waals surface area contributed by atoms with Crippen molar-refractivity contribution in [2.45, 2.75) is 76.0 Å². The van der Waals surface area contributed by atoms with Gasteiger partial charge < -0.3 is 20.1 Å². The van der Waals surface area contributed by atoms with E-state index in [1.165, 1.54) is 4.90 Å². The predicted octanol–water partition coefficient (Wildman–Crippen LogP) is 1.30. The highest BCUT2D eigenvalue weighted by Gasteiger charge is 2.62. The average Bonchev–Trinajstić information content (AvgIpc) is 3.18. The lowest BCUT2D eigenvalue weighted by atomic mass is 10.1. The number of allylic oxidation sites excluding steroid dienone is 1. The first kappa shape index (κ1) is 19.9. The number of rotatable bonds is 2. The summed E-state index contributed by atoms with van der Waals surface area (Å²) in [5.74, 6) is -0.981. The minimum Gasteiger partial charge on any atom is -0.464 e. The quantitative estimate of drug-likeness (QED) is 0.558. The van der Waals surface area contributed by atoms with Crippen LogP contribution in [0, 0.1) is 5.92 Å². The highest BCUT2D eigenvalue weighted by atomic mass is 16.5. The maximum absolute atomic E-state index is 12.9. The standard InChI is InChI=1S/C20H30N2O5/c1-2-27-19(26)20-12-14(20)9-7-5-3-4-6-8-10-17(24)22-13-15(23)11-16(22)18(25)21-20/h7,9,14-16,23H,2-6,8,10-13H2,1H3,(H,21,25)/b9-7-/t14-,15-,16+,20-/m1/s1. The zero-order valence-electron chi connectivity index (χ0n) is 16.0. The molecule has 7 nitrogen and oxygen atoms in total. The molecule has 1 saturated carbocycles. The summed E-state index contributed by atoms with van der Waals surface area (Å²) in [4.78, 5) is 39.5. The molecular weight excluding hydrogens is 348 g/mol. The molecule has 1 aliphatic carbocycles. The van der Waals surface area contributed by atoms with Gasteiger partial charge in [-0.1, -0.05) is 25.0 Å². The van der Waals surface area contributed by atoms with Gasteiger partial charge in [0.05, 0.1) is 12.7 Å². The van der Waals surface area contributed by atoms with Gasteiger partial charge in [0.15, 0.2) is 0 Å². The van der Waals surface area contributed by atoms with Gasteiger partial charge in [-0.25, -0.2) is 4.79 Å². The van der Waals surface area contributed by atoms with Crippen molar-refractivity contribution in [3.05, 3.63) is 12.2 Å². The van der Waals surface area contributed by atoms with Crippen LogP contribution in [0.25, 0.3) is 0 Å². The molecule has 2 heterocycles. The first-order chi connectivity index (χ1) is 13.0. The van der Waals surface area contributed by atoms with Crippen LogP contribution in [0.4, 0.5) is 0 Å². The number of hydrogen-bond donors (Lipinski definition) is 2. The Kier molecular flexibility index (Phi) is 6.19. The lowest BCUT2D eigenvalue weighted by molar-refractivity contribution is -0.150. The molecule has 150 valence electrons. The SMILES string of the molecule is CCOC(=O)[C@@]12C[C@H]1/C=C\CCCCCCC(=O)N1C[C@H](O)C[C@H]1C(=O)N2. The molecule has 4 atom stereocenters. The zero-order chi connectivity index (χ0) is 19.4. The minimum atomic E-state index is -1.04. The second kappa shape index (κ2) is 8.42. The van der Waals surface area contributed by atoms with E-state index in [9.17, 15) is 19.5 Å². The number of fused-ring (bicyclic) bond motifs is 2. The first-order valence-corrected chi connectivity index (χ1v) is 10.1. The number of hydrogen-bond acceptors (Lipinski definition) is 5. The molecule has 0 aromatic rings. The van der Waals surface area contributed by atoms with E-state index in [2.05, 4.69) is 11.4 Å². The number of ether oxygens (including phenoxy) is 1. The van der Waals surface area contributed by atoms with E-state index in [-0.39, 0.29) is 37.3 Å². The van der Waals surface area contributed by atoms with Crippen molar-refractivity contribution in [1.82, 2.24) is 10.2 Å². The number of esters is 1. The van der Waals surface area contributed by atoms with E-state index >= 15 is 0 Å². The van der Waals surface area contributed by atoms with Gasteiger partial charge in [-0.3, -0.25) is 9.59 Å². The van der Waals surface area contributed by atoms with E-state index in [4.69, 9.17) is 4.74 Å². The number of carbonyl (C=O) groups is 3. The fraction of sp³-hybridized carbons (Fsp3) is 0.750. The van der Waals surface area contributed by atoms with Crippen LogP contribution in [0.5, 0.6) is 0 Å². The molecule has 7 heteroatoms. The number of aliphatic hydroxyl groups is 1. The maximum Gasteiger partial charge on any atom is 0.332 e. The predicted molar refractivity (Wildman–Crippen MR) is 98.6 cm³/mol. The Bertz CT molecular complexity index is 619. The summed E-state index contributed by atoms with van der Waals surface area (Å²) in [5, 5.41) is 12.9. The normalized spacial score (nSPS) is 35.9. The molecule has 2 N–H and O–H groups in total. The van der Waals surface area contributed by atoms with Gasteiger partial charge in [-0.2, -0.15) is 0 Å². The molecule has 0 unspecified atom stereocenters. The van der Waals surface area contributed by atoms with Crippen molar-refractivity contribution in [2.24, 2.45) is 5.92 Å². The number of aliphatic hydroxyl groups excluding tert-OH is 1. The lowest BCUT2D eigenvalue weighted by Crippen LogP contribution is -2.53. The second-order valence-electron chi connectivity index (χ2n) is 7.82. The summed E-state index contributed by atoms with van der Waals surface area (Å²) in [6, 6.07) is -0.728. The lowest BCUT2D eigenvalue weighted by Gasteiger charge is -2.26. The average molecular weight is 378 g/mol. The Hall–Kier alpha value is -1.89. The fourth-order valence-corrected chi connectivity index (χ4v) is 4.15. The number of carbonyl (C=O) groups excluding carboxylic acids is 3. The molecule has 3 aliphatic rings. The Balaban J connectivity index is 1.81. The Labute approximate surface area is 160 Å². The minimum absolute atomic E-state index is 0.0823. The largest absolute Gasteiger partial charge is 0.464 e. The van der Waals surface area contributed by atoms with Gasteiger partial charge in [-0.15, -0.1) is 0 Å². The van der Waals surface area contributed by atoms with E-state index in [1.807, 2.05) is 6.08 Å². The van der Waals surface area contributed by atoms with Crippen molar-refractivity contribution in [3.63, 3.8) is 0 Å². The van der Waals surface area contributed by atoms with Gasteiger partial charge in [0.25, 0.3) is 0 Å². The number of nitrogens with zero attached hydrogens (tertiary/aromatic N) is 1. The van der Waals surface area contributed by atoms with Gasteiger partial charge in [0.2, 0.25) is 11.8 Å². The van der Waals surface area contributed by atoms with Gasteiger partial charge >= 0.3 is 5.97 Å². The Morgan fingerprint density at radius 3 is 2.89 bits per heavy atom. The monoisotopic (exact) mass is 378 g/mol. The molecule has 2 fully saturated rings. The van der Waals surface area contributed by atoms with Crippen molar-refractivity contribution in [1.29, 1.82) is 0 Å². The summed E-state index contributed by atoms with van der Waals surface area (Å²) >= 11 is 0. The van der Waals surface area contributed by atoms with Gasteiger partial charge in [0.1, 0.15) is 11.6 Å². The molecule has 2 aliphatic heterocycles. The van der Waals surface area contributed by atoms with Crippen LogP contribution < -0.4 is 5.32 Å². The van der Waals surface area contributed by atoms with Crippen LogP contribution in [0.1, 0.15) is 58.3 Å². The van der Waals surface area contributed by atoms with Crippen molar-refractivity contribution >= 4 is 17.8 Å². The summed E-state index contributed by atoms with van der Waals surface area (Å²) in [6.45, 7) is 2.16. The van der Waals surface area contributed by atoms with Crippen molar-refractivity contribution in [3.8, 4) is 0 Å². The molecule has 1 saturated heterocycles. The third-order valence-electron chi connectivity index (χ3n) is 5.78. The van der Waals surface area contributed by atoms with E-state index < -0.39 is 23.7 Å². The fourth-order valence-electron chi connectivity index (χ4n) is 4.15. The molecule has 0 radical (unpaired) electrons. The number of amides is 2. The van der Waals surface area contributed by atoms with Crippen LogP contribution in [0.15, 0.2) is 12.2 Å². The molecule has 0 aromatic heterocycles. The third-order valence-corrected chi connectivity index (χ3v) is 5.78. The summed E-state index contributed by atoms with van der Waals surface area (Å²) in [6.07, 6.45) is 9.26. The van der Waals surface area contributed by atoms with E-state index in [0.29, 0.717) is 12.8 Å². The van der Waals surface area contributed by atoms with Crippen molar-refractivity contribution < 1.29 is 24.2 Å². The summed E-state index contributed by atoms with van der Waals surface area (Å²) < 4.78 is 5.20. The maximum atomic E-state index is 12.9. The molecule has 0 aromatic carbocycles. The zero-order valence-corrected chi connectivity index (χ0v) is 16.0. The van der Waals surface area contributed by atoms with Crippen LogP contribution in [-0.4, -0.2) is 58.6 Å². The summed E-state index contributed by atoms with van der Waals surface area (Å²) in [7, 11) is 0. The number of nitrogens with one attached hydrogen (secondary N) is 1. The van der Waals surface area contributed by atoms with E-state index in [0.717, 1.165) is 32.1 Å². The molecule has 0 spiro atoms. The van der Waals surface area contributed by atoms with Crippen LogP contribution in [0.2, 0.25) is 0 Å². The second-order valence-corrected chi connectivity index (χ2v) is 7.82. The first-order valence-electron chi connectivity index (χ1n) is 10.1. The Morgan fingerprint density at radius 1 is 1.33 bits per heavy atom. The highest BCUT2D eigenvalue weighted by Crippen LogP contribution is 2.46. The third kappa shape index (κ3) is 4.34. The van der Waals surface area contributed by atoms with Crippen molar-refractivity contribution in [2.75, 3.05) is 13.2 Å². The van der Waals surface area contributed by atoms with Gasteiger partial charge in [0, 0.05) is 25.3 Å². The molecule has 2 amide bonds. The van der Waals surface area contributed by atoms with Gasteiger partial charge in [-0.05, 0) is 32.6 Å². The molecule has 0 bridgehead atoms. The molecule has 3 rings (SSSR count). The van der Waals surface area contributed by atoms with Crippen LogP contribution in [-0.2, 0) is 19.1 Å². The Morgan fingerprint density at radius 2 is 2.11 bits per heavy atom. The summed E-state index contributed by atoms with van der Waals surface area (Å²) in [5.41, 5.74) is -1.04.